The summed E-state index contributed by atoms with van der Waals surface area (Å²) >= 11 is 0. The molecule has 3 nitrogen and oxygen atoms in total. The van der Waals surface area contributed by atoms with Crippen molar-refractivity contribution in [3.63, 3.8) is 0 Å². The van der Waals surface area contributed by atoms with Crippen molar-refractivity contribution >= 4 is 5.97 Å². The van der Waals surface area contributed by atoms with E-state index in [0.717, 1.165) is 6.42 Å². The van der Waals surface area contributed by atoms with Crippen molar-refractivity contribution < 1.29 is 14.6 Å². The van der Waals surface area contributed by atoms with E-state index in [-0.39, 0.29) is 6.10 Å². The van der Waals surface area contributed by atoms with Crippen LogP contribution in [-0.4, -0.2) is 23.3 Å². The fourth-order valence-corrected chi connectivity index (χ4v) is 0.984. The zero-order valence-electron chi connectivity index (χ0n) is 5.33. The Morgan fingerprint density at radius 2 is 2.33 bits per heavy atom. The largest absolute Gasteiger partial charge is 0.479 e. The molecule has 1 rings (SSSR count). The number of carboxylic acids is 1. The molecule has 0 aromatic carbocycles. The summed E-state index contributed by atoms with van der Waals surface area (Å²) in [6.07, 6.45) is 1.12. The van der Waals surface area contributed by atoms with Crippen LogP contribution in [0, 0.1) is 0 Å². The Morgan fingerprint density at radius 3 is 2.56 bits per heavy atom. The first-order valence-corrected chi connectivity index (χ1v) is 3.08. The minimum absolute atomic E-state index is 0.131. The molecule has 3 heteroatoms. The molecule has 52 valence electrons. The Balaban J connectivity index is 2.39. The number of ether oxygens (including phenoxy) is 1. The number of rotatable bonds is 1. The van der Waals surface area contributed by atoms with Crippen molar-refractivity contribution in [2.45, 2.75) is 32.0 Å². The molecule has 0 aliphatic carbocycles. The van der Waals surface area contributed by atoms with Crippen LogP contribution in [0.15, 0.2) is 0 Å². The number of hydrogen-bond donors (Lipinski definition) is 1. The minimum Gasteiger partial charge on any atom is -0.479 e. The van der Waals surface area contributed by atoms with Gasteiger partial charge in [0.2, 0.25) is 0 Å². The molecule has 1 heterocycles. The van der Waals surface area contributed by atoms with Crippen molar-refractivity contribution in [2.24, 2.45) is 0 Å². The molecular formula is C6H10O3. The maximum absolute atomic E-state index is 10.2. The van der Waals surface area contributed by atoms with Gasteiger partial charge in [-0.15, -0.1) is 0 Å². The molecule has 0 unspecified atom stereocenters. The van der Waals surface area contributed by atoms with Gasteiger partial charge in [0.1, 0.15) is 0 Å². The van der Waals surface area contributed by atoms with Crippen LogP contribution in [-0.2, 0) is 9.53 Å². The zero-order valence-corrected chi connectivity index (χ0v) is 5.33. The van der Waals surface area contributed by atoms with Gasteiger partial charge in [-0.3, -0.25) is 0 Å². The molecule has 1 saturated heterocycles. The first-order valence-electron chi connectivity index (χ1n) is 3.08. The summed E-state index contributed by atoms with van der Waals surface area (Å²) in [5, 5.41) is 8.41. The smallest absolute Gasteiger partial charge is 0.332 e. The lowest BCUT2D eigenvalue weighted by atomic mass is 10.2. The molecule has 0 amide bonds. The van der Waals surface area contributed by atoms with E-state index < -0.39 is 12.1 Å². The van der Waals surface area contributed by atoms with Gasteiger partial charge in [0.25, 0.3) is 0 Å². The van der Waals surface area contributed by atoms with Gasteiger partial charge >= 0.3 is 5.97 Å². The predicted molar refractivity (Wildman–Crippen MR) is 31.2 cm³/mol. The van der Waals surface area contributed by atoms with E-state index in [4.69, 9.17) is 9.84 Å². The second-order valence-electron chi connectivity index (χ2n) is 2.35. The van der Waals surface area contributed by atoms with Crippen LogP contribution < -0.4 is 0 Å². The Kier molecular flexibility index (Phi) is 1.71. The number of hydrogen-bond acceptors (Lipinski definition) is 2. The fraction of sp³-hybridized carbons (Fsp3) is 0.833. The van der Waals surface area contributed by atoms with Gasteiger partial charge in [0.15, 0.2) is 6.10 Å². The molecular weight excluding hydrogens is 120 g/mol. The Hall–Kier alpha value is -0.570. The van der Waals surface area contributed by atoms with Crippen molar-refractivity contribution in [3.05, 3.63) is 0 Å². The van der Waals surface area contributed by atoms with Crippen LogP contribution in [0.2, 0.25) is 0 Å². The van der Waals surface area contributed by atoms with E-state index in [1.807, 2.05) is 6.92 Å². The number of carbonyl (C=O) groups is 1. The van der Waals surface area contributed by atoms with Gasteiger partial charge in [-0.2, -0.15) is 0 Å². The lowest BCUT2D eigenvalue weighted by Gasteiger charge is -2.03. The van der Waals surface area contributed by atoms with Crippen molar-refractivity contribution in [1.29, 1.82) is 0 Å². The molecule has 1 aliphatic rings. The number of carboxylic acid groups (broad SMARTS) is 1. The minimum atomic E-state index is -0.834. The molecule has 9 heavy (non-hydrogen) atoms. The van der Waals surface area contributed by atoms with Crippen LogP contribution in [0.3, 0.4) is 0 Å². The SMILES string of the molecule is C[C@H]1CC[C@@H](C(=O)O)O1. The first kappa shape index (κ1) is 6.55. The van der Waals surface area contributed by atoms with E-state index in [1.165, 1.54) is 0 Å². The zero-order chi connectivity index (χ0) is 6.85. The van der Waals surface area contributed by atoms with Crippen LogP contribution in [0.4, 0.5) is 0 Å². The third-order valence-corrected chi connectivity index (χ3v) is 1.51. The molecule has 0 saturated carbocycles. The molecule has 1 fully saturated rings. The molecule has 0 aromatic heterocycles. The van der Waals surface area contributed by atoms with Gasteiger partial charge in [0, 0.05) is 0 Å². The Bertz CT molecular complexity index is 121. The first-order chi connectivity index (χ1) is 4.20. The van der Waals surface area contributed by atoms with Crippen LogP contribution in [0.5, 0.6) is 0 Å². The Labute approximate surface area is 53.6 Å². The van der Waals surface area contributed by atoms with E-state index in [0.29, 0.717) is 6.42 Å². The maximum Gasteiger partial charge on any atom is 0.332 e. The highest BCUT2D eigenvalue weighted by Gasteiger charge is 2.27. The van der Waals surface area contributed by atoms with E-state index in [9.17, 15) is 4.79 Å². The lowest BCUT2D eigenvalue weighted by Crippen LogP contribution is -2.19. The van der Waals surface area contributed by atoms with Gasteiger partial charge in [-0.1, -0.05) is 0 Å². The molecule has 0 spiro atoms. The topological polar surface area (TPSA) is 46.5 Å². The normalized spacial score (nSPS) is 34.8. The van der Waals surface area contributed by atoms with Crippen LogP contribution in [0.1, 0.15) is 19.8 Å². The standard InChI is InChI=1S/C6H10O3/c1-4-2-3-5(9-4)6(7)8/h4-5H,2-3H2,1H3,(H,7,8)/t4-,5-/m0/s1. The summed E-state index contributed by atoms with van der Waals surface area (Å²) < 4.78 is 5.02. The van der Waals surface area contributed by atoms with E-state index in [2.05, 4.69) is 0 Å². The van der Waals surface area contributed by atoms with Gasteiger partial charge < -0.3 is 9.84 Å². The molecule has 1 N–H and O–H groups in total. The molecule has 2 atom stereocenters. The van der Waals surface area contributed by atoms with Crippen molar-refractivity contribution in [2.75, 3.05) is 0 Å². The third-order valence-electron chi connectivity index (χ3n) is 1.51. The highest BCUT2D eigenvalue weighted by atomic mass is 16.5. The van der Waals surface area contributed by atoms with E-state index >= 15 is 0 Å². The molecule has 1 aliphatic heterocycles. The van der Waals surface area contributed by atoms with Gasteiger partial charge in [0.05, 0.1) is 6.10 Å². The summed E-state index contributed by atoms with van der Waals surface area (Å²) in [6.45, 7) is 1.89. The second kappa shape index (κ2) is 2.35. The maximum atomic E-state index is 10.2. The van der Waals surface area contributed by atoms with E-state index in [1.54, 1.807) is 0 Å². The predicted octanol–water partition coefficient (Wildman–Crippen LogP) is 0.639. The summed E-state index contributed by atoms with van der Waals surface area (Å²) in [5.74, 6) is -0.834. The molecule has 0 radical (unpaired) electrons. The lowest BCUT2D eigenvalue weighted by molar-refractivity contribution is -0.149. The summed E-state index contributed by atoms with van der Waals surface area (Å²) in [6, 6.07) is 0. The summed E-state index contributed by atoms with van der Waals surface area (Å²) in [7, 11) is 0. The van der Waals surface area contributed by atoms with Crippen molar-refractivity contribution in [3.8, 4) is 0 Å². The second-order valence-corrected chi connectivity index (χ2v) is 2.35. The quantitative estimate of drug-likeness (QED) is 0.566. The van der Waals surface area contributed by atoms with Gasteiger partial charge in [-0.05, 0) is 19.8 Å². The highest BCUT2D eigenvalue weighted by molar-refractivity contribution is 5.72. The van der Waals surface area contributed by atoms with Gasteiger partial charge in [-0.25, -0.2) is 4.79 Å². The monoisotopic (exact) mass is 130 g/mol. The van der Waals surface area contributed by atoms with Crippen LogP contribution in [0.25, 0.3) is 0 Å². The summed E-state index contributed by atoms with van der Waals surface area (Å²) in [4.78, 5) is 10.2. The molecule has 0 bridgehead atoms. The van der Waals surface area contributed by atoms with Crippen LogP contribution >= 0.6 is 0 Å². The fourth-order valence-electron chi connectivity index (χ4n) is 0.984. The highest BCUT2D eigenvalue weighted by Crippen LogP contribution is 2.18. The molecule has 0 aromatic rings. The number of aliphatic carboxylic acids is 1. The Morgan fingerprint density at radius 1 is 1.67 bits per heavy atom. The van der Waals surface area contributed by atoms with Crippen molar-refractivity contribution in [1.82, 2.24) is 0 Å². The summed E-state index contributed by atoms with van der Waals surface area (Å²) in [5.41, 5.74) is 0. The average Bonchev–Trinajstić information content (AvgIpc) is 2.14. The third kappa shape index (κ3) is 1.42. The average molecular weight is 130 g/mol.